The van der Waals surface area contributed by atoms with Gasteiger partial charge in [-0.2, -0.15) is 0 Å². The summed E-state index contributed by atoms with van der Waals surface area (Å²) in [4.78, 5) is 0. The first-order valence-electron chi connectivity index (χ1n) is 4.44. The monoisotopic (exact) mass is 226 g/mol. The van der Waals surface area contributed by atoms with Crippen molar-refractivity contribution in [2.24, 2.45) is 0 Å². The number of rotatable bonds is 3. The molecule has 15 heavy (non-hydrogen) atoms. The van der Waals surface area contributed by atoms with E-state index in [0.717, 1.165) is 0 Å². The molecule has 0 radical (unpaired) electrons. The van der Waals surface area contributed by atoms with E-state index in [1.807, 2.05) is 0 Å². The van der Waals surface area contributed by atoms with Crippen molar-refractivity contribution in [3.63, 3.8) is 0 Å². The summed E-state index contributed by atoms with van der Waals surface area (Å²) in [5.41, 5.74) is 0.311. The van der Waals surface area contributed by atoms with Crippen molar-refractivity contribution in [2.45, 2.75) is 6.42 Å². The van der Waals surface area contributed by atoms with Crippen LogP contribution in [0.25, 0.3) is 11.5 Å². The lowest BCUT2D eigenvalue weighted by atomic mass is 10.2. The van der Waals surface area contributed by atoms with Gasteiger partial charge < -0.3 is 4.42 Å². The summed E-state index contributed by atoms with van der Waals surface area (Å²) in [6.45, 7) is 0. The second-order valence-corrected chi connectivity index (χ2v) is 3.30. The summed E-state index contributed by atoms with van der Waals surface area (Å²) in [5.74, 6) is 0.633. The zero-order valence-electron chi connectivity index (χ0n) is 7.78. The molecule has 0 atom stereocenters. The van der Waals surface area contributed by atoms with Gasteiger partial charge in [0.1, 0.15) is 5.82 Å². The van der Waals surface area contributed by atoms with Crippen molar-refractivity contribution >= 4 is 11.6 Å². The number of halogens is 2. The number of aryl methyl sites for hydroxylation is 1. The largest absolute Gasteiger partial charge is 0.421 e. The van der Waals surface area contributed by atoms with Gasteiger partial charge in [0.2, 0.25) is 5.89 Å². The first kappa shape index (κ1) is 10.1. The highest BCUT2D eigenvalue weighted by molar-refractivity contribution is 6.17. The van der Waals surface area contributed by atoms with Gasteiger partial charge in [-0.25, -0.2) is 4.39 Å². The maximum Gasteiger partial charge on any atom is 0.250 e. The SMILES string of the molecule is Fc1ccccc1-c1nnc(CCCl)o1. The molecule has 0 aliphatic heterocycles. The molecule has 2 aromatic rings. The third-order valence-electron chi connectivity index (χ3n) is 1.88. The van der Waals surface area contributed by atoms with E-state index < -0.39 is 0 Å². The Hall–Kier alpha value is -1.42. The Morgan fingerprint density at radius 3 is 2.80 bits per heavy atom. The Kier molecular flexibility index (Phi) is 2.97. The zero-order valence-corrected chi connectivity index (χ0v) is 8.54. The zero-order chi connectivity index (χ0) is 10.7. The molecular weight excluding hydrogens is 219 g/mol. The quantitative estimate of drug-likeness (QED) is 0.756. The topological polar surface area (TPSA) is 38.9 Å². The Morgan fingerprint density at radius 2 is 2.07 bits per heavy atom. The van der Waals surface area contributed by atoms with Crippen molar-refractivity contribution < 1.29 is 8.81 Å². The van der Waals surface area contributed by atoms with Gasteiger partial charge in [-0.15, -0.1) is 21.8 Å². The summed E-state index contributed by atoms with van der Waals surface area (Å²) in [6, 6.07) is 6.26. The molecule has 1 aromatic carbocycles. The van der Waals surface area contributed by atoms with Crippen LogP contribution in [0.4, 0.5) is 4.39 Å². The van der Waals surface area contributed by atoms with E-state index in [1.54, 1.807) is 18.2 Å². The van der Waals surface area contributed by atoms with E-state index in [1.165, 1.54) is 6.07 Å². The van der Waals surface area contributed by atoms with E-state index in [9.17, 15) is 4.39 Å². The van der Waals surface area contributed by atoms with Crippen molar-refractivity contribution in [3.05, 3.63) is 36.0 Å². The van der Waals surface area contributed by atoms with E-state index >= 15 is 0 Å². The molecule has 0 N–H and O–H groups in total. The lowest BCUT2D eigenvalue weighted by Gasteiger charge is -1.95. The first-order chi connectivity index (χ1) is 7.31. The van der Waals surface area contributed by atoms with Gasteiger partial charge >= 0.3 is 0 Å². The second-order valence-electron chi connectivity index (χ2n) is 2.92. The smallest absolute Gasteiger partial charge is 0.250 e. The van der Waals surface area contributed by atoms with Gasteiger partial charge in [-0.3, -0.25) is 0 Å². The number of alkyl halides is 1. The molecule has 2 rings (SSSR count). The van der Waals surface area contributed by atoms with E-state index in [-0.39, 0.29) is 11.7 Å². The number of benzene rings is 1. The van der Waals surface area contributed by atoms with Crippen molar-refractivity contribution in [1.29, 1.82) is 0 Å². The third kappa shape index (κ3) is 2.15. The highest BCUT2D eigenvalue weighted by Gasteiger charge is 2.11. The molecule has 0 aliphatic carbocycles. The highest BCUT2D eigenvalue weighted by Crippen LogP contribution is 2.20. The summed E-state index contributed by atoms with van der Waals surface area (Å²) < 4.78 is 18.6. The molecule has 0 unspecified atom stereocenters. The van der Waals surface area contributed by atoms with Gasteiger partial charge in [-0.1, -0.05) is 12.1 Å². The maximum absolute atomic E-state index is 13.3. The standard InChI is InChI=1S/C10H8ClFN2O/c11-6-5-9-13-14-10(15-9)7-3-1-2-4-8(7)12/h1-4H,5-6H2. The molecule has 3 nitrogen and oxygen atoms in total. The Bertz CT molecular complexity index is 458. The van der Waals surface area contributed by atoms with Gasteiger partial charge in [0.05, 0.1) is 5.56 Å². The van der Waals surface area contributed by atoms with E-state index in [2.05, 4.69) is 10.2 Å². The molecule has 0 saturated heterocycles. The van der Waals surface area contributed by atoms with E-state index in [4.69, 9.17) is 16.0 Å². The van der Waals surface area contributed by atoms with Crippen molar-refractivity contribution in [2.75, 3.05) is 5.88 Å². The van der Waals surface area contributed by atoms with Crippen LogP contribution < -0.4 is 0 Å². The van der Waals surface area contributed by atoms with Crippen LogP contribution in [-0.2, 0) is 6.42 Å². The average molecular weight is 227 g/mol. The molecule has 0 spiro atoms. The lowest BCUT2D eigenvalue weighted by molar-refractivity contribution is 0.509. The summed E-state index contributed by atoms with van der Waals surface area (Å²) >= 11 is 5.52. The predicted octanol–water partition coefficient (Wildman–Crippen LogP) is 2.66. The van der Waals surface area contributed by atoms with Crippen LogP contribution in [0.2, 0.25) is 0 Å². The number of nitrogens with zero attached hydrogens (tertiary/aromatic N) is 2. The van der Waals surface area contributed by atoms with Crippen LogP contribution in [0.1, 0.15) is 5.89 Å². The average Bonchev–Trinajstić information content (AvgIpc) is 2.68. The predicted molar refractivity (Wildman–Crippen MR) is 54.1 cm³/mol. The molecule has 0 saturated carbocycles. The molecule has 0 amide bonds. The van der Waals surface area contributed by atoms with E-state index in [0.29, 0.717) is 23.8 Å². The molecular formula is C10H8ClFN2O. The molecule has 78 valence electrons. The maximum atomic E-state index is 13.3. The fourth-order valence-electron chi connectivity index (χ4n) is 1.18. The van der Waals surface area contributed by atoms with Crippen LogP contribution in [0.3, 0.4) is 0 Å². The first-order valence-corrected chi connectivity index (χ1v) is 4.98. The number of hydrogen-bond acceptors (Lipinski definition) is 3. The van der Waals surface area contributed by atoms with Gasteiger partial charge in [0, 0.05) is 12.3 Å². The van der Waals surface area contributed by atoms with Crippen LogP contribution in [0.15, 0.2) is 28.7 Å². The van der Waals surface area contributed by atoms with Crippen LogP contribution in [0, 0.1) is 5.82 Å². The second kappa shape index (κ2) is 4.40. The fourth-order valence-corrected chi connectivity index (χ4v) is 1.34. The molecule has 0 fully saturated rings. The molecule has 0 aliphatic rings. The number of hydrogen-bond donors (Lipinski definition) is 0. The molecule has 5 heteroatoms. The highest BCUT2D eigenvalue weighted by atomic mass is 35.5. The molecule has 0 bridgehead atoms. The minimum Gasteiger partial charge on any atom is -0.421 e. The Morgan fingerprint density at radius 1 is 1.27 bits per heavy atom. The van der Waals surface area contributed by atoms with Crippen LogP contribution in [0.5, 0.6) is 0 Å². The Labute approximate surface area is 90.9 Å². The van der Waals surface area contributed by atoms with Crippen LogP contribution in [-0.4, -0.2) is 16.1 Å². The third-order valence-corrected chi connectivity index (χ3v) is 2.07. The van der Waals surface area contributed by atoms with Gasteiger partial charge in [0.25, 0.3) is 5.89 Å². The summed E-state index contributed by atoms with van der Waals surface area (Å²) in [5, 5.41) is 7.51. The molecule has 1 aromatic heterocycles. The lowest BCUT2D eigenvalue weighted by Crippen LogP contribution is -1.84. The summed E-state index contributed by atoms with van der Waals surface area (Å²) in [7, 11) is 0. The molecule has 1 heterocycles. The summed E-state index contributed by atoms with van der Waals surface area (Å²) in [6.07, 6.45) is 0.489. The number of aromatic nitrogens is 2. The van der Waals surface area contributed by atoms with Crippen LogP contribution >= 0.6 is 11.6 Å². The fraction of sp³-hybridized carbons (Fsp3) is 0.200. The van der Waals surface area contributed by atoms with Gasteiger partial charge in [0.15, 0.2) is 0 Å². The van der Waals surface area contributed by atoms with Gasteiger partial charge in [-0.05, 0) is 12.1 Å². The minimum absolute atomic E-state index is 0.188. The minimum atomic E-state index is -0.376. The normalized spacial score (nSPS) is 10.5. The Balaban J connectivity index is 2.33. The van der Waals surface area contributed by atoms with Crippen molar-refractivity contribution in [1.82, 2.24) is 10.2 Å². The van der Waals surface area contributed by atoms with Crippen molar-refractivity contribution in [3.8, 4) is 11.5 Å².